The first-order valence-corrected chi connectivity index (χ1v) is 7.60. The highest BCUT2D eigenvalue weighted by atomic mass is 79.9. The molecule has 0 bridgehead atoms. The predicted octanol–water partition coefficient (Wildman–Crippen LogP) is 4.80. The lowest BCUT2D eigenvalue weighted by Gasteiger charge is -2.11. The van der Waals surface area contributed by atoms with Gasteiger partial charge in [-0.1, -0.05) is 12.1 Å². The largest absolute Gasteiger partial charge is 0.491 e. The maximum absolute atomic E-state index is 12.3. The number of ether oxygens (including phenoxy) is 1. The third kappa shape index (κ3) is 4.08. The topological polar surface area (TPSA) is 38.3 Å². The van der Waals surface area contributed by atoms with Crippen molar-refractivity contribution in [3.63, 3.8) is 0 Å². The van der Waals surface area contributed by atoms with Crippen LogP contribution in [0.3, 0.4) is 0 Å². The van der Waals surface area contributed by atoms with Gasteiger partial charge in [0, 0.05) is 10.2 Å². The number of hydrogen-bond acceptors (Lipinski definition) is 2. The number of carbonyl (C=O) groups excluding carboxylic acids is 1. The Morgan fingerprint density at radius 2 is 1.81 bits per heavy atom. The van der Waals surface area contributed by atoms with Gasteiger partial charge in [0.2, 0.25) is 0 Å². The molecule has 1 amide bonds. The Morgan fingerprint density at radius 1 is 1.14 bits per heavy atom. The molecule has 0 unspecified atom stereocenters. The molecule has 0 heterocycles. The molecule has 0 radical (unpaired) electrons. The summed E-state index contributed by atoms with van der Waals surface area (Å²) in [5.74, 6) is 0.655. The molecule has 3 nitrogen and oxygen atoms in total. The van der Waals surface area contributed by atoms with E-state index in [1.807, 2.05) is 57.2 Å². The van der Waals surface area contributed by atoms with Crippen LogP contribution in [0.5, 0.6) is 5.75 Å². The van der Waals surface area contributed by atoms with E-state index in [9.17, 15) is 4.79 Å². The Bertz CT molecular complexity index is 636. The van der Waals surface area contributed by atoms with Crippen molar-refractivity contribution in [2.24, 2.45) is 0 Å². The van der Waals surface area contributed by atoms with Gasteiger partial charge in [0.1, 0.15) is 5.75 Å². The lowest BCUT2D eigenvalue weighted by atomic mass is 10.1. The van der Waals surface area contributed by atoms with E-state index in [-0.39, 0.29) is 12.0 Å². The molecule has 0 saturated heterocycles. The van der Waals surface area contributed by atoms with Crippen LogP contribution < -0.4 is 10.1 Å². The minimum absolute atomic E-state index is 0.133. The third-order valence-corrected chi connectivity index (χ3v) is 3.97. The van der Waals surface area contributed by atoms with Crippen LogP contribution in [0.4, 0.5) is 5.69 Å². The molecule has 0 aliphatic rings. The Kier molecular flexibility index (Phi) is 5.02. The van der Waals surface area contributed by atoms with E-state index in [2.05, 4.69) is 21.2 Å². The van der Waals surface area contributed by atoms with Gasteiger partial charge in [0.15, 0.2) is 0 Å². The van der Waals surface area contributed by atoms with Gasteiger partial charge in [0.25, 0.3) is 5.91 Å². The molecule has 0 aromatic heterocycles. The minimum atomic E-state index is -0.136. The van der Waals surface area contributed by atoms with E-state index in [0.29, 0.717) is 5.56 Å². The van der Waals surface area contributed by atoms with Gasteiger partial charge >= 0.3 is 0 Å². The van der Waals surface area contributed by atoms with E-state index in [1.54, 1.807) is 6.07 Å². The summed E-state index contributed by atoms with van der Waals surface area (Å²) in [6, 6.07) is 13.0. The lowest BCUT2D eigenvalue weighted by molar-refractivity contribution is 0.102. The van der Waals surface area contributed by atoms with Crippen LogP contribution in [0.2, 0.25) is 0 Å². The summed E-state index contributed by atoms with van der Waals surface area (Å²) in [7, 11) is 0. The van der Waals surface area contributed by atoms with E-state index >= 15 is 0 Å². The first kappa shape index (κ1) is 15.6. The number of rotatable bonds is 4. The maximum Gasteiger partial charge on any atom is 0.256 e. The van der Waals surface area contributed by atoms with Crippen LogP contribution in [0.1, 0.15) is 29.8 Å². The normalized spacial score (nSPS) is 10.5. The second-order valence-corrected chi connectivity index (χ2v) is 5.87. The van der Waals surface area contributed by atoms with Crippen LogP contribution in [0.15, 0.2) is 46.9 Å². The van der Waals surface area contributed by atoms with Crippen LogP contribution >= 0.6 is 15.9 Å². The van der Waals surface area contributed by atoms with E-state index in [1.165, 1.54) is 0 Å². The molecule has 4 heteroatoms. The molecule has 1 N–H and O–H groups in total. The second kappa shape index (κ2) is 6.76. The average Bonchev–Trinajstić information content (AvgIpc) is 2.43. The van der Waals surface area contributed by atoms with Gasteiger partial charge in [-0.3, -0.25) is 4.79 Å². The average molecular weight is 348 g/mol. The summed E-state index contributed by atoms with van der Waals surface area (Å²) >= 11 is 3.45. The number of aryl methyl sites for hydroxylation is 1. The number of anilines is 1. The number of amides is 1. The molecule has 0 aliphatic heterocycles. The van der Waals surface area contributed by atoms with Crippen molar-refractivity contribution in [3.8, 4) is 5.75 Å². The van der Waals surface area contributed by atoms with E-state index in [4.69, 9.17) is 4.74 Å². The number of benzene rings is 2. The molecule has 110 valence electrons. The Hall–Kier alpha value is -1.81. The van der Waals surface area contributed by atoms with Crippen molar-refractivity contribution in [2.75, 3.05) is 5.32 Å². The maximum atomic E-state index is 12.3. The molecule has 0 aliphatic carbocycles. The lowest BCUT2D eigenvalue weighted by Crippen LogP contribution is -2.13. The monoisotopic (exact) mass is 347 g/mol. The summed E-state index contributed by atoms with van der Waals surface area (Å²) < 4.78 is 6.39. The molecule has 2 rings (SSSR count). The van der Waals surface area contributed by atoms with Crippen molar-refractivity contribution in [1.82, 2.24) is 0 Å². The number of hydrogen-bond donors (Lipinski definition) is 1. The van der Waals surface area contributed by atoms with Crippen molar-refractivity contribution in [3.05, 3.63) is 58.1 Å². The van der Waals surface area contributed by atoms with E-state index < -0.39 is 0 Å². The van der Waals surface area contributed by atoms with Crippen LogP contribution in [0.25, 0.3) is 0 Å². The van der Waals surface area contributed by atoms with Gasteiger partial charge in [-0.25, -0.2) is 0 Å². The predicted molar refractivity (Wildman–Crippen MR) is 89.0 cm³/mol. The highest BCUT2D eigenvalue weighted by Crippen LogP contribution is 2.23. The highest BCUT2D eigenvalue weighted by molar-refractivity contribution is 9.10. The van der Waals surface area contributed by atoms with Crippen molar-refractivity contribution in [1.29, 1.82) is 0 Å². The van der Waals surface area contributed by atoms with Gasteiger partial charge < -0.3 is 10.1 Å². The molecule has 0 fully saturated rings. The zero-order valence-corrected chi connectivity index (χ0v) is 13.9. The zero-order chi connectivity index (χ0) is 15.4. The van der Waals surface area contributed by atoms with Crippen LogP contribution in [0, 0.1) is 6.92 Å². The molecule has 2 aromatic carbocycles. The second-order valence-electron chi connectivity index (χ2n) is 5.08. The molecular weight excluding hydrogens is 330 g/mol. The van der Waals surface area contributed by atoms with Crippen molar-refractivity contribution in [2.45, 2.75) is 26.9 Å². The summed E-state index contributed by atoms with van der Waals surface area (Å²) in [6.45, 7) is 5.91. The van der Waals surface area contributed by atoms with Crippen LogP contribution in [-0.2, 0) is 0 Å². The number of nitrogens with one attached hydrogen (secondary N) is 1. The Morgan fingerprint density at radius 3 is 2.43 bits per heavy atom. The summed E-state index contributed by atoms with van der Waals surface area (Å²) in [5, 5.41) is 2.88. The quantitative estimate of drug-likeness (QED) is 0.862. The molecule has 2 aromatic rings. The Labute approximate surface area is 133 Å². The SMILES string of the molecule is Cc1cccc(C(=O)Nc2ccc(OC(C)C)cc2)c1Br. The van der Waals surface area contributed by atoms with E-state index in [0.717, 1.165) is 21.5 Å². The van der Waals surface area contributed by atoms with Gasteiger partial charge in [0.05, 0.1) is 11.7 Å². The summed E-state index contributed by atoms with van der Waals surface area (Å²) in [6.07, 6.45) is 0.133. The summed E-state index contributed by atoms with van der Waals surface area (Å²) in [5.41, 5.74) is 2.39. The van der Waals surface area contributed by atoms with Crippen molar-refractivity contribution >= 4 is 27.5 Å². The zero-order valence-electron chi connectivity index (χ0n) is 12.3. The molecule has 0 saturated carbocycles. The standard InChI is InChI=1S/C17H18BrNO2/c1-11(2)21-14-9-7-13(8-10-14)19-17(20)15-6-4-5-12(3)16(15)18/h4-11H,1-3H3,(H,19,20). The molecule has 0 spiro atoms. The fraction of sp³-hybridized carbons (Fsp3) is 0.235. The van der Waals surface area contributed by atoms with Crippen molar-refractivity contribution < 1.29 is 9.53 Å². The third-order valence-electron chi connectivity index (χ3n) is 2.92. The fourth-order valence-corrected chi connectivity index (χ4v) is 2.35. The minimum Gasteiger partial charge on any atom is -0.491 e. The van der Waals surface area contributed by atoms with Gasteiger partial charge in [-0.2, -0.15) is 0 Å². The van der Waals surface area contributed by atoms with Gasteiger partial charge in [-0.15, -0.1) is 0 Å². The molecule has 0 atom stereocenters. The molecular formula is C17H18BrNO2. The number of carbonyl (C=O) groups is 1. The molecule has 21 heavy (non-hydrogen) atoms. The number of halogens is 1. The van der Waals surface area contributed by atoms with Crippen LogP contribution in [-0.4, -0.2) is 12.0 Å². The first-order chi connectivity index (χ1) is 9.97. The Balaban J connectivity index is 2.11. The smallest absolute Gasteiger partial charge is 0.256 e. The first-order valence-electron chi connectivity index (χ1n) is 6.80. The van der Waals surface area contributed by atoms with Gasteiger partial charge in [-0.05, 0) is 72.6 Å². The highest BCUT2D eigenvalue weighted by Gasteiger charge is 2.11. The fourth-order valence-electron chi connectivity index (χ4n) is 1.91. The summed E-state index contributed by atoms with van der Waals surface area (Å²) in [4.78, 5) is 12.3.